The summed E-state index contributed by atoms with van der Waals surface area (Å²) in [6.45, 7) is 1.22. The number of nitrogens with zero attached hydrogens (tertiary/aromatic N) is 1. The minimum absolute atomic E-state index is 0.0781. The van der Waals surface area contributed by atoms with Gasteiger partial charge in [-0.25, -0.2) is 4.39 Å². The molecule has 0 aromatic heterocycles. The predicted octanol–water partition coefficient (Wildman–Crippen LogP) is 3.41. The predicted molar refractivity (Wildman–Crippen MR) is 80.3 cm³/mol. The van der Waals surface area contributed by atoms with E-state index < -0.39 is 17.6 Å². The third-order valence-electron chi connectivity index (χ3n) is 3.35. The first-order valence-corrected chi connectivity index (χ1v) is 8.04. The first kappa shape index (κ1) is 17.8. The van der Waals surface area contributed by atoms with Crippen LogP contribution in [0.5, 0.6) is 0 Å². The van der Waals surface area contributed by atoms with E-state index in [0.717, 1.165) is 18.2 Å². The Kier molecular flexibility index (Phi) is 5.69. The lowest BCUT2D eigenvalue weighted by molar-refractivity contribution is -0.138. The largest absolute Gasteiger partial charge is 0.416 e. The van der Waals surface area contributed by atoms with Gasteiger partial charge in [0, 0.05) is 23.4 Å². The molecule has 1 saturated heterocycles. The first-order chi connectivity index (χ1) is 10.8. The Labute approximate surface area is 135 Å². The zero-order chi connectivity index (χ0) is 17.0. The minimum Gasteiger partial charge on any atom is -0.360 e. The molecule has 23 heavy (non-hydrogen) atoms. The Morgan fingerprint density at radius 2 is 2.17 bits per heavy atom. The first-order valence-electron chi connectivity index (χ1n) is 6.75. The van der Waals surface area contributed by atoms with Crippen molar-refractivity contribution >= 4 is 23.7 Å². The fourth-order valence-corrected chi connectivity index (χ4v) is 2.61. The van der Waals surface area contributed by atoms with Gasteiger partial charge in [0.2, 0.25) is 5.91 Å². The summed E-state index contributed by atoms with van der Waals surface area (Å²) in [6, 6.07) is 2.19. The van der Waals surface area contributed by atoms with Crippen LogP contribution in [-0.4, -0.2) is 42.2 Å². The molecule has 0 saturated carbocycles. The van der Waals surface area contributed by atoms with Crippen molar-refractivity contribution < 1.29 is 27.1 Å². The highest BCUT2D eigenvalue weighted by molar-refractivity contribution is 7.99. The maximum atomic E-state index is 13.7. The van der Waals surface area contributed by atoms with Crippen LogP contribution in [0.1, 0.15) is 11.1 Å². The number of rotatable bonds is 3. The summed E-state index contributed by atoms with van der Waals surface area (Å²) in [5, 5.41) is 0.170. The number of amides is 1. The van der Waals surface area contributed by atoms with E-state index in [0.29, 0.717) is 19.2 Å². The molecule has 1 aliphatic rings. The van der Waals surface area contributed by atoms with Crippen molar-refractivity contribution in [2.24, 2.45) is 0 Å². The molecular formula is C15H15F4NO2S. The molecule has 1 aromatic carbocycles. The third-order valence-corrected chi connectivity index (χ3v) is 4.30. The van der Waals surface area contributed by atoms with Crippen molar-refractivity contribution in [1.82, 2.24) is 4.90 Å². The van der Waals surface area contributed by atoms with E-state index in [9.17, 15) is 22.4 Å². The van der Waals surface area contributed by atoms with Crippen LogP contribution in [0, 0.1) is 5.82 Å². The lowest BCUT2D eigenvalue weighted by atomic mass is 10.1. The molecule has 0 spiro atoms. The van der Waals surface area contributed by atoms with Crippen LogP contribution in [0.4, 0.5) is 17.6 Å². The zero-order valence-electron chi connectivity index (χ0n) is 12.3. The second kappa shape index (κ2) is 7.35. The van der Waals surface area contributed by atoms with E-state index in [1.807, 2.05) is 6.26 Å². The highest BCUT2D eigenvalue weighted by Crippen LogP contribution is 2.30. The topological polar surface area (TPSA) is 29.5 Å². The summed E-state index contributed by atoms with van der Waals surface area (Å²) in [4.78, 5) is 13.5. The molecule has 2 rings (SSSR count). The van der Waals surface area contributed by atoms with Gasteiger partial charge in [-0.15, -0.1) is 0 Å². The van der Waals surface area contributed by atoms with Gasteiger partial charge in [-0.2, -0.15) is 24.9 Å². The molecule has 8 heteroatoms. The van der Waals surface area contributed by atoms with Crippen molar-refractivity contribution in [2.75, 3.05) is 26.1 Å². The summed E-state index contributed by atoms with van der Waals surface area (Å²) in [7, 11) is 0. The number of alkyl halides is 3. The van der Waals surface area contributed by atoms with E-state index in [1.54, 1.807) is 11.8 Å². The maximum absolute atomic E-state index is 13.7. The van der Waals surface area contributed by atoms with Gasteiger partial charge in [-0.1, -0.05) is 6.07 Å². The molecule has 3 nitrogen and oxygen atoms in total. The van der Waals surface area contributed by atoms with Gasteiger partial charge in [0.15, 0.2) is 0 Å². The molecular weight excluding hydrogens is 334 g/mol. The average molecular weight is 349 g/mol. The molecule has 1 unspecified atom stereocenters. The SMILES string of the molecule is CSC1COCN(C(=O)/C=C/c2ccc(C(F)(F)F)cc2F)C1. The Morgan fingerprint density at radius 3 is 2.78 bits per heavy atom. The van der Waals surface area contributed by atoms with Crippen molar-refractivity contribution in [3.8, 4) is 0 Å². The minimum atomic E-state index is -4.60. The van der Waals surface area contributed by atoms with Crippen LogP contribution in [0.3, 0.4) is 0 Å². The summed E-state index contributed by atoms with van der Waals surface area (Å²) >= 11 is 1.58. The van der Waals surface area contributed by atoms with Gasteiger partial charge in [0.1, 0.15) is 12.5 Å². The number of hydrogen-bond acceptors (Lipinski definition) is 3. The Hall–Kier alpha value is -1.54. The van der Waals surface area contributed by atoms with Gasteiger partial charge in [0.05, 0.1) is 12.2 Å². The summed E-state index contributed by atoms with van der Waals surface area (Å²) in [5.41, 5.74) is -1.14. The fraction of sp³-hybridized carbons (Fsp3) is 0.400. The lowest BCUT2D eigenvalue weighted by Gasteiger charge is -2.31. The normalized spacial score (nSPS) is 19.3. The standard InChI is InChI=1S/C15H15F4NO2S/c1-23-12-7-20(9-22-8-12)14(21)5-3-10-2-4-11(6-13(10)16)15(17,18)19/h2-6,12H,7-9H2,1H3/b5-3+. The summed E-state index contributed by atoms with van der Waals surface area (Å²) < 4.78 is 56.4. The average Bonchev–Trinajstić information content (AvgIpc) is 2.52. The Balaban J connectivity index is 2.06. The molecule has 1 amide bonds. The van der Waals surface area contributed by atoms with Crippen LogP contribution in [0.2, 0.25) is 0 Å². The molecule has 0 radical (unpaired) electrons. The number of hydrogen-bond donors (Lipinski definition) is 0. The molecule has 0 bridgehead atoms. The molecule has 0 N–H and O–H groups in total. The smallest absolute Gasteiger partial charge is 0.360 e. The van der Waals surface area contributed by atoms with Crippen LogP contribution in [-0.2, 0) is 15.7 Å². The van der Waals surface area contributed by atoms with Crippen LogP contribution in [0.15, 0.2) is 24.3 Å². The number of halogens is 4. The second-order valence-corrected chi connectivity index (χ2v) is 6.12. The van der Waals surface area contributed by atoms with E-state index >= 15 is 0 Å². The van der Waals surface area contributed by atoms with Crippen molar-refractivity contribution in [2.45, 2.75) is 11.4 Å². The van der Waals surface area contributed by atoms with Crippen LogP contribution < -0.4 is 0 Å². The monoisotopic (exact) mass is 349 g/mol. The van der Waals surface area contributed by atoms with Crippen LogP contribution >= 0.6 is 11.8 Å². The van der Waals surface area contributed by atoms with Crippen LogP contribution in [0.25, 0.3) is 6.08 Å². The Bertz CT molecular complexity index is 604. The van der Waals surface area contributed by atoms with Gasteiger partial charge in [-0.05, 0) is 24.5 Å². The molecule has 1 aromatic rings. The quantitative estimate of drug-likeness (QED) is 0.619. The van der Waals surface area contributed by atoms with Crippen molar-refractivity contribution in [1.29, 1.82) is 0 Å². The second-order valence-electron chi connectivity index (χ2n) is 4.99. The summed E-state index contributed by atoms with van der Waals surface area (Å²) in [5.74, 6) is -1.40. The maximum Gasteiger partial charge on any atom is 0.416 e. The zero-order valence-corrected chi connectivity index (χ0v) is 13.1. The van der Waals surface area contributed by atoms with Gasteiger partial charge in [0.25, 0.3) is 0 Å². The lowest BCUT2D eigenvalue weighted by Crippen LogP contribution is -2.43. The number of carbonyl (C=O) groups is 1. The van der Waals surface area contributed by atoms with Crippen molar-refractivity contribution in [3.63, 3.8) is 0 Å². The van der Waals surface area contributed by atoms with E-state index in [4.69, 9.17) is 4.74 Å². The number of thioether (sulfide) groups is 1. The number of carbonyl (C=O) groups excluding carboxylic acids is 1. The molecule has 1 atom stereocenters. The highest BCUT2D eigenvalue weighted by Gasteiger charge is 2.31. The molecule has 1 fully saturated rings. The molecule has 1 heterocycles. The van der Waals surface area contributed by atoms with E-state index in [-0.39, 0.29) is 23.5 Å². The molecule has 0 aliphatic carbocycles. The fourth-order valence-electron chi connectivity index (χ4n) is 2.05. The third kappa shape index (κ3) is 4.71. The van der Waals surface area contributed by atoms with Gasteiger partial charge < -0.3 is 9.64 Å². The highest BCUT2D eigenvalue weighted by atomic mass is 32.2. The Morgan fingerprint density at radius 1 is 1.43 bits per heavy atom. The number of benzene rings is 1. The molecule has 126 valence electrons. The van der Waals surface area contributed by atoms with Gasteiger partial charge >= 0.3 is 6.18 Å². The molecule has 1 aliphatic heterocycles. The van der Waals surface area contributed by atoms with E-state index in [1.165, 1.54) is 11.0 Å². The van der Waals surface area contributed by atoms with Gasteiger partial charge in [-0.3, -0.25) is 4.79 Å². The summed E-state index contributed by atoms with van der Waals surface area (Å²) in [6.07, 6.45) is -0.384. The number of ether oxygens (including phenoxy) is 1. The van der Waals surface area contributed by atoms with E-state index in [2.05, 4.69) is 0 Å². The van der Waals surface area contributed by atoms with Crippen molar-refractivity contribution in [3.05, 3.63) is 41.2 Å².